The summed E-state index contributed by atoms with van der Waals surface area (Å²) in [5.41, 5.74) is -1.26. The number of fused-ring (bicyclic) bond motifs is 1. The van der Waals surface area contributed by atoms with Crippen LogP contribution >= 0.6 is 0 Å². The minimum absolute atomic E-state index is 0.107. The van der Waals surface area contributed by atoms with Gasteiger partial charge in [-0.2, -0.15) is 0 Å². The van der Waals surface area contributed by atoms with Crippen LogP contribution in [0.5, 0.6) is 11.5 Å². The number of hydrogen-bond donors (Lipinski definition) is 2. The number of nitrogens with zero attached hydrogens (tertiary/aromatic N) is 2. The fourth-order valence-corrected chi connectivity index (χ4v) is 1.73. The number of hydrogen-bond acceptors (Lipinski definition) is 6. The van der Waals surface area contributed by atoms with Gasteiger partial charge >= 0.3 is 11.4 Å². The molecule has 0 saturated carbocycles. The molecule has 0 radical (unpaired) electrons. The molecule has 0 aliphatic carbocycles. The molecule has 8 heteroatoms. The zero-order valence-electron chi connectivity index (χ0n) is 8.73. The summed E-state index contributed by atoms with van der Waals surface area (Å²) < 4.78 is 0. The van der Waals surface area contributed by atoms with E-state index in [0.29, 0.717) is 0 Å². The molecule has 2 N–H and O–H groups in total. The highest BCUT2D eigenvalue weighted by molar-refractivity contribution is 6.00. The SMILES string of the molecule is O=[N+]([O-])c1c(O)ccc2c([N+](=O)[O-])c(O)ccc12. The van der Waals surface area contributed by atoms with Crippen molar-refractivity contribution in [2.45, 2.75) is 0 Å². The van der Waals surface area contributed by atoms with Crippen molar-refractivity contribution < 1.29 is 20.1 Å². The predicted octanol–water partition coefficient (Wildman–Crippen LogP) is 2.07. The molecular weight excluding hydrogens is 244 g/mol. The molecule has 2 rings (SSSR count). The van der Waals surface area contributed by atoms with E-state index in [0.717, 1.165) is 24.3 Å². The first-order chi connectivity index (χ1) is 8.43. The molecule has 8 nitrogen and oxygen atoms in total. The van der Waals surface area contributed by atoms with Crippen molar-refractivity contribution in [1.82, 2.24) is 0 Å². The van der Waals surface area contributed by atoms with Gasteiger partial charge in [-0.25, -0.2) is 0 Å². The fraction of sp³-hybridized carbons (Fsp3) is 0. The van der Waals surface area contributed by atoms with E-state index in [1.165, 1.54) is 0 Å². The monoisotopic (exact) mass is 250 g/mol. The minimum Gasteiger partial charge on any atom is -0.502 e. The molecule has 0 aromatic heterocycles. The molecule has 0 amide bonds. The number of aromatic hydroxyl groups is 2. The quantitative estimate of drug-likeness (QED) is 0.620. The zero-order chi connectivity index (χ0) is 13.4. The molecule has 0 atom stereocenters. The second-order valence-electron chi connectivity index (χ2n) is 3.48. The first-order valence-electron chi connectivity index (χ1n) is 4.70. The van der Waals surface area contributed by atoms with E-state index >= 15 is 0 Å². The van der Waals surface area contributed by atoms with Crippen LogP contribution in [0.25, 0.3) is 10.8 Å². The average molecular weight is 250 g/mol. The van der Waals surface area contributed by atoms with Crippen molar-refractivity contribution in [2.24, 2.45) is 0 Å². The van der Waals surface area contributed by atoms with Gasteiger partial charge in [-0.3, -0.25) is 20.2 Å². The van der Waals surface area contributed by atoms with Gasteiger partial charge in [0.05, 0.1) is 20.6 Å². The third-order valence-corrected chi connectivity index (χ3v) is 2.47. The summed E-state index contributed by atoms with van der Waals surface area (Å²) in [6.45, 7) is 0. The Bertz CT molecular complexity index is 622. The lowest BCUT2D eigenvalue weighted by Crippen LogP contribution is -1.94. The molecule has 0 spiro atoms. The van der Waals surface area contributed by atoms with Crippen LogP contribution in [-0.2, 0) is 0 Å². The maximum Gasteiger partial charge on any atom is 0.318 e. The number of phenolic OH excluding ortho intramolecular Hbond substituents is 2. The Morgan fingerprint density at radius 2 is 1.11 bits per heavy atom. The Morgan fingerprint density at radius 3 is 1.39 bits per heavy atom. The molecule has 0 aliphatic rings. The Balaban J connectivity index is 2.98. The second kappa shape index (κ2) is 3.84. The van der Waals surface area contributed by atoms with Crippen LogP contribution in [0.15, 0.2) is 24.3 Å². The summed E-state index contributed by atoms with van der Waals surface area (Å²) in [5, 5.41) is 40.2. The summed E-state index contributed by atoms with van der Waals surface area (Å²) >= 11 is 0. The Morgan fingerprint density at radius 1 is 0.778 bits per heavy atom. The van der Waals surface area contributed by atoms with Crippen molar-refractivity contribution in [1.29, 1.82) is 0 Å². The topological polar surface area (TPSA) is 127 Å². The van der Waals surface area contributed by atoms with Crippen LogP contribution in [0.4, 0.5) is 11.4 Å². The molecule has 0 bridgehead atoms. The molecule has 92 valence electrons. The number of rotatable bonds is 2. The van der Waals surface area contributed by atoms with E-state index in [1.807, 2.05) is 0 Å². The van der Waals surface area contributed by atoms with Crippen LogP contribution < -0.4 is 0 Å². The molecule has 0 aliphatic heterocycles. The van der Waals surface area contributed by atoms with E-state index in [4.69, 9.17) is 0 Å². The molecular formula is C10H6N2O6. The number of benzene rings is 2. The standard InChI is InChI=1S/C10H6N2O6/c13-7-3-1-5-6(10(7)12(17)18)2-4-8(14)9(5)11(15)16/h1-4,13-14H. The maximum absolute atomic E-state index is 10.8. The normalized spacial score (nSPS) is 10.4. The Hall–Kier alpha value is -2.90. The molecule has 0 unspecified atom stereocenters. The predicted molar refractivity (Wildman–Crippen MR) is 60.6 cm³/mol. The van der Waals surface area contributed by atoms with E-state index < -0.39 is 32.7 Å². The number of nitro groups is 2. The van der Waals surface area contributed by atoms with Gasteiger partial charge in [-0.05, 0) is 24.3 Å². The van der Waals surface area contributed by atoms with Gasteiger partial charge in [-0.15, -0.1) is 0 Å². The van der Waals surface area contributed by atoms with Crippen molar-refractivity contribution >= 4 is 22.1 Å². The van der Waals surface area contributed by atoms with Crippen molar-refractivity contribution in [3.05, 3.63) is 44.5 Å². The number of phenols is 2. The zero-order valence-corrected chi connectivity index (χ0v) is 8.73. The average Bonchev–Trinajstić information content (AvgIpc) is 2.27. The van der Waals surface area contributed by atoms with Crippen LogP contribution in [-0.4, -0.2) is 20.1 Å². The largest absolute Gasteiger partial charge is 0.502 e. The van der Waals surface area contributed by atoms with Crippen LogP contribution in [0.1, 0.15) is 0 Å². The van der Waals surface area contributed by atoms with Gasteiger partial charge in [0.1, 0.15) is 0 Å². The maximum atomic E-state index is 10.8. The molecule has 18 heavy (non-hydrogen) atoms. The second-order valence-corrected chi connectivity index (χ2v) is 3.48. The highest BCUT2D eigenvalue weighted by Gasteiger charge is 2.25. The van der Waals surface area contributed by atoms with Gasteiger partial charge in [0.15, 0.2) is 11.5 Å². The summed E-state index contributed by atoms with van der Waals surface area (Å²) in [6, 6.07) is 4.25. The molecule has 0 heterocycles. The third kappa shape index (κ3) is 1.56. The van der Waals surface area contributed by atoms with Gasteiger partial charge in [0.2, 0.25) is 0 Å². The molecule has 2 aromatic carbocycles. The van der Waals surface area contributed by atoms with Crippen LogP contribution in [0, 0.1) is 20.2 Å². The minimum atomic E-state index is -0.835. The van der Waals surface area contributed by atoms with Crippen LogP contribution in [0.2, 0.25) is 0 Å². The highest BCUT2D eigenvalue weighted by atomic mass is 16.6. The van der Waals surface area contributed by atoms with Crippen molar-refractivity contribution in [3.63, 3.8) is 0 Å². The lowest BCUT2D eigenvalue weighted by atomic mass is 10.1. The number of nitro benzene ring substituents is 2. The Labute approximate surface area is 99.0 Å². The van der Waals surface area contributed by atoms with Crippen LogP contribution in [0.3, 0.4) is 0 Å². The third-order valence-electron chi connectivity index (χ3n) is 2.47. The summed E-state index contributed by atoms with van der Waals surface area (Å²) in [7, 11) is 0. The van der Waals surface area contributed by atoms with E-state index in [2.05, 4.69) is 0 Å². The van der Waals surface area contributed by atoms with E-state index in [9.17, 15) is 30.4 Å². The summed E-state index contributed by atoms with van der Waals surface area (Å²) in [5.74, 6) is -1.18. The smallest absolute Gasteiger partial charge is 0.318 e. The van der Waals surface area contributed by atoms with E-state index in [1.54, 1.807) is 0 Å². The fourth-order valence-electron chi connectivity index (χ4n) is 1.73. The van der Waals surface area contributed by atoms with Gasteiger partial charge in [0, 0.05) is 0 Å². The summed E-state index contributed by atoms with van der Waals surface area (Å²) in [6.07, 6.45) is 0. The van der Waals surface area contributed by atoms with E-state index in [-0.39, 0.29) is 10.8 Å². The first kappa shape index (κ1) is 11.6. The van der Waals surface area contributed by atoms with Gasteiger partial charge in [-0.1, -0.05) is 0 Å². The molecule has 0 saturated heterocycles. The molecule has 2 aromatic rings. The van der Waals surface area contributed by atoms with Gasteiger partial charge in [0.25, 0.3) is 0 Å². The first-order valence-corrected chi connectivity index (χ1v) is 4.70. The lowest BCUT2D eigenvalue weighted by Gasteiger charge is -2.03. The van der Waals surface area contributed by atoms with Crippen molar-refractivity contribution in [2.75, 3.05) is 0 Å². The van der Waals surface area contributed by atoms with Gasteiger partial charge < -0.3 is 10.2 Å². The van der Waals surface area contributed by atoms with Crippen molar-refractivity contribution in [3.8, 4) is 11.5 Å². The lowest BCUT2D eigenvalue weighted by molar-refractivity contribution is -0.385. The highest BCUT2D eigenvalue weighted by Crippen LogP contribution is 2.41. The molecule has 0 fully saturated rings. The Kier molecular flexibility index (Phi) is 2.47. The summed E-state index contributed by atoms with van der Waals surface area (Å²) in [4.78, 5) is 20.0.